The molecule has 0 aliphatic rings. The number of nitrogens with one attached hydrogen (secondary N) is 1. The van der Waals surface area contributed by atoms with Crippen LogP contribution in [-0.2, 0) is 5.67 Å². The summed E-state index contributed by atoms with van der Waals surface area (Å²) in [5.74, 6) is 0. The van der Waals surface area contributed by atoms with Gasteiger partial charge in [0.15, 0.2) is 0 Å². The molecule has 19 heavy (non-hydrogen) atoms. The Morgan fingerprint density at radius 3 is 2.00 bits per heavy atom. The smallest absolute Gasteiger partial charge is 0.258 e. The van der Waals surface area contributed by atoms with Crippen LogP contribution >= 0.6 is 0 Å². The summed E-state index contributed by atoms with van der Waals surface area (Å²) in [6, 6.07) is 1.60. The maximum absolute atomic E-state index is 13.7. The highest BCUT2D eigenvalue weighted by Gasteiger charge is 2.73. The quantitative estimate of drug-likeness (QED) is 0.818. The molecular formula is C9H4F7N3. The van der Waals surface area contributed by atoms with Gasteiger partial charge in [0.2, 0.25) is 0 Å². The van der Waals surface area contributed by atoms with Crippen molar-refractivity contribution < 1.29 is 30.7 Å². The summed E-state index contributed by atoms with van der Waals surface area (Å²) in [7, 11) is 0. The molecule has 0 radical (unpaired) electrons. The van der Waals surface area contributed by atoms with E-state index >= 15 is 0 Å². The number of hydrogen-bond acceptors (Lipinski definition) is 2. The van der Waals surface area contributed by atoms with E-state index in [1.165, 1.54) is 0 Å². The first-order chi connectivity index (χ1) is 8.57. The summed E-state index contributed by atoms with van der Waals surface area (Å²) in [6.45, 7) is 0. The first-order valence-electron chi connectivity index (χ1n) is 4.71. The number of aromatic amines is 1. The number of hydrogen-bond donors (Lipinski definition) is 1. The molecule has 0 fully saturated rings. The lowest BCUT2D eigenvalue weighted by Gasteiger charge is -2.30. The maximum atomic E-state index is 13.7. The topological polar surface area (TPSA) is 41.6 Å². The van der Waals surface area contributed by atoms with Gasteiger partial charge in [-0.2, -0.15) is 26.3 Å². The highest BCUT2D eigenvalue weighted by atomic mass is 19.4. The Balaban J connectivity index is 2.68. The average Bonchev–Trinajstić information content (AvgIpc) is 2.71. The number of rotatable bonds is 1. The second-order valence-electron chi connectivity index (χ2n) is 3.70. The zero-order valence-corrected chi connectivity index (χ0v) is 8.77. The standard InChI is InChI=1S/C9H4F7N3/c10-7(8(11,12)13,9(14,15)16)4-1-2-5-6(3-4)18-19-17-5/h1-3H,(H,17,18,19). The van der Waals surface area contributed by atoms with Gasteiger partial charge in [0, 0.05) is 5.56 Å². The number of aromatic nitrogens is 3. The fourth-order valence-electron chi connectivity index (χ4n) is 1.54. The molecule has 0 aliphatic heterocycles. The minimum atomic E-state index is -6.14. The van der Waals surface area contributed by atoms with Gasteiger partial charge >= 0.3 is 18.0 Å². The van der Waals surface area contributed by atoms with Crippen molar-refractivity contribution in [2.45, 2.75) is 18.0 Å². The molecule has 0 amide bonds. The van der Waals surface area contributed by atoms with Crippen molar-refractivity contribution in [1.82, 2.24) is 15.4 Å². The third-order valence-corrected chi connectivity index (χ3v) is 2.50. The Hall–Kier alpha value is -1.87. The van der Waals surface area contributed by atoms with E-state index in [4.69, 9.17) is 0 Å². The molecule has 0 unspecified atom stereocenters. The molecule has 0 spiro atoms. The van der Waals surface area contributed by atoms with Gasteiger partial charge in [-0.25, -0.2) is 4.39 Å². The van der Waals surface area contributed by atoms with Crippen molar-refractivity contribution in [3.63, 3.8) is 0 Å². The van der Waals surface area contributed by atoms with E-state index in [0.29, 0.717) is 12.1 Å². The van der Waals surface area contributed by atoms with Crippen molar-refractivity contribution in [3.8, 4) is 0 Å². The van der Waals surface area contributed by atoms with Crippen molar-refractivity contribution >= 4 is 11.0 Å². The van der Waals surface area contributed by atoms with E-state index in [1.807, 2.05) is 0 Å². The predicted octanol–water partition coefficient (Wildman–Crippen LogP) is 3.25. The lowest BCUT2D eigenvalue weighted by molar-refractivity contribution is -0.348. The van der Waals surface area contributed by atoms with Crippen LogP contribution in [0.25, 0.3) is 11.0 Å². The largest absolute Gasteiger partial charge is 0.435 e. The molecule has 2 rings (SSSR count). The van der Waals surface area contributed by atoms with Gasteiger partial charge in [-0.05, 0) is 12.1 Å². The molecule has 10 heteroatoms. The molecule has 2 aromatic rings. The zero-order chi connectivity index (χ0) is 14.5. The van der Waals surface area contributed by atoms with Crippen molar-refractivity contribution in [1.29, 1.82) is 0 Å². The van der Waals surface area contributed by atoms with E-state index in [0.717, 1.165) is 6.07 Å². The molecule has 0 saturated heterocycles. The Bertz CT molecular complexity index is 584. The van der Waals surface area contributed by atoms with E-state index in [1.54, 1.807) is 0 Å². The van der Waals surface area contributed by atoms with Crippen LogP contribution in [0.5, 0.6) is 0 Å². The third-order valence-electron chi connectivity index (χ3n) is 2.50. The van der Waals surface area contributed by atoms with Crippen LogP contribution in [-0.4, -0.2) is 27.8 Å². The molecular weight excluding hydrogens is 283 g/mol. The zero-order valence-electron chi connectivity index (χ0n) is 8.77. The van der Waals surface area contributed by atoms with Gasteiger partial charge in [0.1, 0.15) is 5.52 Å². The summed E-state index contributed by atoms with van der Waals surface area (Å²) in [6.07, 6.45) is -12.3. The Morgan fingerprint density at radius 1 is 0.895 bits per heavy atom. The fraction of sp³-hybridized carbons (Fsp3) is 0.333. The van der Waals surface area contributed by atoms with Crippen molar-refractivity contribution in [2.75, 3.05) is 0 Å². The number of halogens is 7. The first kappa shape index (κ1) is 13.6. The summed E-state index contributed by atoms with van der Waals surface area (Å²) in [5.41, 5.74) is -7.25. The molecule has 3 nitrogen and oxygen atoms in total. The minimum Gasteiger partial charge on any atom is -0.258 e. The van der Waals surface area contributed by atoms with Gasteiger partial charge in [-0.1, -0.05) is 11.3 Å². The summed E-state index contributed by atoms with van der Waals surface area (Å²) in [5, 5.41) is 8.67. The van der Waals surface area contributed by atoms with Crippen LogP contribution in [0.2, 0.25) is 0 Å². The number of H-pyrrole nitrogens is 1. The third kappa shape index (κ3) is 1.90. The first-order valence-corrected chi connectivity index (χ1v) is 4.71. The second-order valence-corrected chi connectivity index (χ2v) is 3.70. The van der Waals surface area contributed by atoms with Crippen molar-refractivity contribution in [2.24, 2.45) is 0 Å². The molecule has 0 saturated carbocycles. The van der Waals surface area contributed by atoms with E-state index in [9.17, 15) is 30.7 Å². The number of benzene rings is 1. The van der Waals surface area contributed by atoms with Crippen molar-refractivity contribution in [3.05, 3.63) is 23.8 Å². The van der Waals surface area contributed by atoms with Crippen LogP contribution < -0.4 is 0 Å². The number of fused-ring (bicyclic) bond motifs is 1. The van der Waals surface area contributed by atoms with Gasteiger partial charge in [0.05, 0.1) is 5.52 Å². The van der Waals surface area contributed by atoms with Crippen LogP contribution in [0.4, 0.5) is 30.7 Å². The highest BCUT2D eigenvalue weighted by molar-refractivity contribution is 5.74. The minimum absolute atomic E-state index is 0.0930. The molecule has 0 aliphatic carbocycles. The van der Waals surface area contributed by atoms with E-state index in [-0.39, 0.29) is 11.0 Å². The SMILES string of the molecule is FC(F)(F)C(F)(c1ccc2[nH]nnc2c1)C(F)(F)F. The highest BCUT2D eigenvalue weighted by Crippen LogP contribution is 2.53. The van der Waals surface area contributed by atoms with Crippen LogP contribution in [0.3, 0.4) is 0 Å². The Labute approximate surface area is 100.0 Å². The molecule has 1 aromatic heterocycles. The lowest BCUT2D eigenvalue weighted by Crippen LogP contribution is -2.50. The monoisotopic (exact) mass is 287 g/mol. The summed E-state index contributed by atoms with van der Waals surface area (Å²) in [4.78, 5) is 0. The molecule has 1 aromatic carbocycles. The maximum Gasteiger partial charge on any atom is 0.435 e. The van der Waals surface area contributed by atoms with Gasteiger partial charge < -0.3 is 0 Å². The normalized spacial score (nSPS) is 14.1. The van der Waals surface area contributed by atoms with Crippen LogP contribution in [0, 0.1) is 0 Å². The second kappa shape index (κ2) is 3.81. The van der Waals surface area contributed by atoms with Crippen LogP contribution in [0.1, 0.15) is 5.56 Å². The molecule has 1 N–H and O–H groups in total. The van der Waals surface area contributed by atoms with Crippen LogP contribution in [0.15, 0.2) is 18.2 Å². The predicted molar refractivity (Wildman–Crippen MR) is 48.8 cm³/mol. The van der Waals surface area contributed by atoms with E-state index in [2.05, 4.69) is 15.4 Å². The Morgan fingerprint density at radius 2 is 1.47 bits per heavy atom. The summed E-state index contributed by atoms with van der Waals surface area (Å²) >= 11 is 0. The van der Waals surface area contributed by atoms with Gasteiger partial charge in [-0.3, -0.25) is 5.10 Å². The number of nitrogens with zero attached hydrogens (tertiary/aromatic N) is 2. The van der Waals surface area contributed by atoms with Gasteiger partial charge in [0.25, 0.3) is 0 Å². The molecule has 1 heterocycles. The average molecular weight is 287 g/mol. The van der Waals surface area contributed by atoms with Gasteiger partial charge in [-0.15, -0.1) is 5.10 Å². The molecule has 104 valence electrons. The molecule has 0 bridgehead atoms. The number of alkyl halides is 7. The lowest BCUT2D eigenvalue weighted by atomic mass is 9.94. The summed E-state index contributed by atoms with van der Waals surface area (Å²) < 4.78 is 88.5. The Kier molecular flexibility index (Phi) is 2.72. The molecule has 0 atom stereocenters. The fourth-order valence-corrected chi connectivity index (χ4v) is 1.54. The van der Waals surface area contributed by atoms with E-state index < -0.39 is 23.6 Å².